The van der Waals surface area contributed by atoms with E-state index in [4.69, 9.17) is 9.72 Å². The van der Waals surface area contributed by atoms with Crippen LogP contribution < -0.4 is 5.32 Å². The number of aromatic nitrogens is 4. The van der Waals surface area contributed by atoms with Crippen LogP contribution >= 0.6 is 0 Å². The summed E-state index contributed by atoms with van der Waals surface area (Å²) in [6.45, 7) is 11.6. The maximum Gasteiger partial charge on any atom is 0.293 e. The number of hydrogen-bond donors (Lipinski definition) is 1. The summed E-state index contributed by atoms with van der Waals surface area (Å²) in [5.41, 5.74) is 5.33. The first-order valence-electron chi connectivity index (χ1n) is 14.5. The maximum absolute atomic E-state index is 15.1. The lowest BCUT2D eigenvalue weighted by atomic mass is 10.0. The second kappa shape index (κ2) is 13.5. The van der Waals surface area contributed by atoms with Gasteiger partial charge in [0, 0.05) is 42.5 Å². The number of hydrogen-bond acceptors (Lipinski definition) is 8. The quantitative estimate of drug-likeness (QED) is 0.321. The number of benzene rings is 2. The maximum atomic E-state index is 15.1. The van der Waals surface area contributed by atoms with Crippen LogP contribution in [0.2, 0.25) is 0 Å². The number of carbonyl (C=O) groups is 1. The van der Waals surface area contributed by atoms with Crippen LogP contribution in [0.3, 0.4) is 0 Å². The van der Waals surface area contributed by atoms with Crippen molar-refractivity contribution in [1.29, 1.82) is 0 Å². The lowest BCUT2D eigenvalue weighted by Crippen LogP contribution is -2.35. The summed E-state index contributed by atoms with van der Waals surface area (Å²) in [5.74, 6) is -0.196. The van der Waals surface area contributed by atoms with Gasteiger partial charge in [-0.05, 0) is 64.4 Å². The number of halogens is 1. The summed E-state index contributed by atoms with van der Waals surface area (Å²) in [5, 5.41) is 8.00. The van der Waals surface area contributed by atoms with Crippen molar-refractivity contribution in [2.24, 2.45) is 0 Å². The molecule has 2 aromatic carbocycles. The van der Waals surface area contributed by atoms with E-state index in [1.54, 1.807) is 12.3 Å². The van der Waals surface area contributed by atoms with E-state index in [1.807, 2.05) is 57.3 Å². The molecule has 0 spiro atoms. The Morgan fingerprint density at radius 2 is 1.88 bits per heavy atom. The molecule has 6 rings (SSSR count). The van der Waals surface area contributed by atoms with Crippen LogP contribution in [0.25, 0.3) is 33.4 Å². The molecule has 0 radical (unpaired) electrons. The van der Waals surface area contributed by atoms with E-state index in [1.165, 1.54) is 0 Å². The average molecular weight is 575 g/mol. The zero-order valence-electron chi connectivity index (χ0n) is 24.6. The summed E-state index contributed by atoms with van der Waals surface area (Å²) in [6, 6.07) is 11.8. The molecule has 4 aromatic rings. The lowest BCUT2D eigenvalue weighted by Gasteiger charge is -2.26. The van der Waals surface area contributed by atoms with E-state index in [0.717, 1.165) is 72.4 Å². The van der Waals surface area contributed by atoms with E-state index < -0.39 is 0 Å². The third-order valence-electron chi connectivity index (χ3n) is 7.42. The molecular formula is C32H39FN6O3. The summed E-state index contributed by atoms with van der Waals surface area (Å²) in [4.78, 5) is 21.4. The SMILES string of the molecule is CC(C)(C)OC=O.Fc1cc(-c2cccc3ncc(-c4cnn(C5CCNCC5)c4)nc23)ccc1CN1CCOCC1. The standard InChI is InChI=1S/C27H29FN6O.C5H10O2/c28-24-14-19(4-5-20(24)17-33-10-12-35-13-11-33)23-2-1-3-25-27(23)32-26(16-30-25)21-15-31-34(18-21)22-6-8-29-9-7-22;1-5(2,3)7-4-6/h1-5,14-16,18,22,29H,6-13,17H2;4H,1-3H3. The van der Waals surface area contributed by atoms with Crippen molar-refractivity contribution in [3.63, 3.8) is 0 Å². The van der Waals surface area contributed by atoms with E-state index >= 15 is 4.39 Å². The van der Waals surface area contributed by atoms with Crippen LogP contribution in [-0.4, -0.2) is 76.1 Å². The van der Waals surface area contributed by atoms with Crippen LogP contribution in [-0.2, 0) is 20.8 Å². The first-order chi connectivity index (χ1) is 20.3. The van der Waals surface area contributed by atoms with Gasteiger partial charge in [-0.3, -0.25) is 19.4 Å². The topological polar surface area (TPSA) is 94.4 Å². The summed E-state index contributed by atoms with van der Waals surface area (Å²) in [6.07, 6.45) is 7.86. The molecule has 2 saturated heterocycles. The van der Waals surface area contributed by atoms with Crippen LogP contribution in [0.1, 0.15) is 45.2 Å². The molecule has 2 aliphatic rings. The van der Waals surface area contributed by atoms with Crippen LogP contribution in [0.5, 0.6) is 0 Å². The second-order valence-electron chi connectivity index (χ2n) is 11.6. The Labute approximate surface area is 246 Å². The highest BCUT2D eigenvalue weighted by Crippen LogP contribution is 2.30. The molecule has 0 amide bonds. The Bertz CT molecular complexity index is 1490. The lowest BCUT2D eigenvalue weighted by molar-refractivity contribution is -0.138. The van der Waals surface area contributed by atoms with Crippen molar-refractivity contribution in [3.8, 4) is 22.4 Å². The fourth-order valence-electron chi connectivity index (χ4n) is 5.13. The molecule has 0 atom stereocenters. The molecule has 2 aliphatic heterocycles. The summed E-state index contributed by atoms with van der Waals surface area (Å²) in [7, 11) is 0. The first-order valence-corrected chi connectivity index (χ1v) is 14.5. The molecule has 0 unspecified atom stereocenters. The molecule has 0 bridgehead atoms. The molecule has 4 heterocycles. The van der Waals surface area contributed by atoms with Crippen molar-refractivity contribution in [3.05, 3.63) is 66.4 Å². The van der Waals surface area contributed by atoms with Gasteiger partial charge in [0.05, 0.1) is 48.4 Å². The van der Waals surface area contributed by atoms with Gasteiger partial charge in [-0.25, -0.2) is 9.37 Å². The van der Waals surface area contributed by atoms with Crippen LogP contribution in [0.4, 0.5) is 4.39 Å². The number of rotatable bonds is 6. The minimum absolute atomic E-state index is 0.196. The number of nitrogens with one attached hydrogen (secondary N) is 1. The molecule has 2 fully saturated rings. The molecular weight excluding hydrogens is 535 g/mol. The van der Waals surface area contributed by atoms with Gasteiger partial charge in [0.1, 0.15) is 11.4 Å². The molecule has 10 heteroatoms. The Morgan fingerprint density at radius 1 is 1.10 bits per heavy atom. The third kappa shape index (κ3) is 7.56. The predicted molar refractivity (Wildman–Crippen MR) is 160 cm³/mol. The highest BCUT2D eigenvalue weighted by Gasteiger charge is 2.18. The Hall–Kier alpha value is -3.73. The fourth-order valence-corrected chi connectivity index (χ4v) is 5.13. The van der Waals surface area contributed by atoms with Gasteiger partial charge < -0.3 is 14.8 Å². The zero-order chi connectivity index (χ0) is 29.5. The number of ether oxygens (including phenoxy) is 2. The van der Waals surface area contributed by atoms with E-state index in [2.05, 4.69) is 35.9 Å². The minimum atomic E-state index is -0.318. The molecule has 222 valence electrons. The number of fused-ring (bicyclic) bond motifs is 1. The zero-order valence-corrected chi connectivity index (χ0v) is 24.6. The number of piperidine rings is 1. The predicted octanol–water partition coefficient (Wildman–Crippen LogP) is 5.01. The van der Waals surface area contributed by atoms with Crippen LogP contribution in [0.15, 0.2) is 55.0 Å². The monoisotopic (exact) mass is 574 g/mol. The van der Waals surface area contributed by atoms with Gasteiger partial charge in [0.25, 0.3) is 6.47 Å². The van der Waals surface area contributed by atoms with Gasteiger partial charge in [-0.15, -0.1) is 0 Å². The largest absolute Gasteiger partial charge is 0.462 e. The minimum Gasteiger partial charge on any atom is -0.462 e. The Morgan fingerprint density at radius 3 is 2.57 bits per heavy atom. The number of nitrogens with zero attached hydrogens (tertiary/aromatic N) is 5. The van der Waals surface area contributed by atoms with Crippen molar-refractivity contribution in [1.82, 2.24) is 30.0 Å². The van der Waals surface area contributed by atoms with Gasteiger partial charge in [0.15, 0.2) is 0 Å². The fraction of sp³-hybridized carbons (Fsp3) is 0.438. The van der Waals surface area contributed by atoms with E-state index in [9.17, 15) is 4.79 Å². The molecule has 0 saturated carbocycles. The summed E-state index contributed by atoms with van der Waals surface area (Å²) >= 11 is 0. The van der Waals surface area contributed by atoms with Crippen molar-refractivity contribution < 1.29 is 18.7 Å². The van der Waals surface area contributed by atoms with Gasteiger partial charge >= 0.3 is 0 Å². The van der Waals surface area contributed by atoms with Crippen molar-refractivity contribution in [2.45, 2.75) is 51.8 Å². The first kappa shape index (κ1) is 29.8. The van der Waals surface area contributed by atoms with Crippen LogP contribution in [0, 0.1) is 5.82 Å². The Kier molecular flexibility index (Phi) is 9.56. The molecule has 9 nitrogen and oxygen atoms in total. The molecule has 2 aromatic heterocycles. The van der Waals surface area contributed by atoms with Gasteiger partial charge in [-0.1, -0.05) is 24.3 Å². The Balaban J connectivity index is 0.000000451. The number of carbonyl (C=O) groups excluding carboxylic acids is 1. The normalized spacial score (nSPS) is 16.6. The second-order valence-corrected chi connectivity index (χ2v) is 11.6. The third-order valence-corrected chi connectivity index (χ3v) is 7.42. The van der Waals surface area contributed by atoms with E-state index in [-0.39, 0.29) is 11.4 Å². The van der Waals surface area contributed by atoms with Gasteiger partial charge in [0.2, 0.25) is 0 Å². The highest BCUT2D eigenvalue weighted by molar-refractivity contribution is 5.92. The van der Waals surface area contributed by atoms with E-state index in [0.29, 0.717) is 37.8 Å². The molecule has 1 N–H and O–H groups in total. The number of morpholine rings is 1. The highest BCUT2D eigenvalue weighted by atomic mass is 19.1. The van der Waals surface area contributed by atoms with Crippen molar-refractivity contribution in [2.75, 3.05) is 39.4 Å². The van der Waals surface area contributed by atoms with Gasteiger partial charge in [-0.2, -0.15) is 5.10 Å². The molecule has 0 aliphatic carbocycles. The molecule has 42 heavy (non-hydrogen) atoms. The smallest absolute Gasteiger partial charge is 0.293 e. The average Bonchev–Trinajstić information content (AvgIpc) is 3.49. The van der Waals surface area contributed by atoms with Crippen molar-refractivity contribution >= 4 is 17.5 Å². The number of para-hydroxylation sites is 1. The summed E-state index contributed by atoms with van der Waals surface area (Å²) < 4.78 is 27.1.